The van der Waals surface area contributed by atoms with E-state index in [1.54, 1.807) is 18.2 Å². The number of hydrogen-bond acceptors (Lipinski definition) is 23. The predicted octanol–water partition coefficient (Wildman–Crippen LogP) is 15.2. The van der Waals surface area contributed by atoms with Gasteiger partial charge in [-0.1, -0.05) is 36.4 Å². The number of rotatable bonds is 29. The number of benzene rings is 9. The van der Waals surface area contributed by atoms with Gasteiger partial charge >= 0.3 is 17.9 Å². The Morgan fingerprint density at radius 3 is 1.53 bits per heavy atom. The summed E-state index contributed by atoms with van der Waals surface area (Å²) in [6.07, 6.45) is 8.52. The van der Waals surface area contributed by atoms with Crippen LogP contribution in [-0.2, 0) is 70.5 Å². The lowest BCUT2D eigenvalue weighted by Gasteiger charge is -2.32. The minimum atomic E-state index is -0.626. The summed E-state index contributed by atoms with van der Waals surface area (Å²) in [6.45, 7) is 19.5. The molecule has 0 aromatic heterocycles. The highest BCUT2D eigenvalue weighted by Gasteiger charge is 2.36. The van der Waals surface area contributed by atoms with Crippen LogP contribution in [0.5, 0.6) is 34.5 Å². The number of ether oxygens (including phenoxy) is 4. The van der Waals surface area contributed by atoms with Crippen LogP contribution in [0, 0.1) is 13.8 Å². The van der Waals surface area contributed by atoms with Crippen molar-refractivity contribution in [3.63, 3.8) is 0 Å². The molecule has 3 saturated heterocycles. The third-order valence-electron chi connectivity index (χ3n) is 23.2. The molecular formula is C100H102N7O20+. The number of phenols is 1. The van der Waals surface area contributed by atoms with Crippen LogP contribution < -0.4 is 55.1 Å². The molecule has 3 fully saturated rings. The fraction of sp³-hybridized carbons (Fsp3) is 0.340. The molecule has 0 bridgehead atoms. The molecule has 2 aliphatic carbocycles. The number of anilines is 2. The summed E-state index contributed by atoms with van der Waals surface area (Å²) in [6, 6.07) is 50.9. The fourth-order valence-corrected chi connectivity index (χ4v) is 16.8. The van der Waals surface area contributed by atoms with E-state index in [1.165, 1.54) is 45.9 Å². The van der Waals surface area contributed by atoms with Gasteiger partial charge in [-0.15, -0.1) is 15.2 Å². The van der Waals surface area contributed by atoms with E-state index in [-0.39, 0.29) is 69.0 Å². The summed E-state index contributed by atoms with van der Waals surface area (Å²) in [5.41, 5.74) is 17.5. The number of hydroxylamine groups is 6. The summed E-state index contributed by atoms with van der Waals surface area (Å²) in [7, 11) is 0. The average molecular weight is 1720 g/mol. The highest BCUT2D eigenvalue weighted by atomic mass is 16.7. The van der Waals surface area contributed by atoms with E-state index in [0.29, 0.717) is 97.2 Å². The largest absolute Gasteiger partial charge is 0.508 e. The monoisotopic (exact) mass is 1720 g/mol. The van der Waals surface area contributed by atoms with Crippen LogP contribution in [0.1, 0.15) is 170 Å². The first-order valence-electron chi connectivity index (χ1n) is 43.9. The van der Waals surface area contributed by atoms with Crippen molar-refractivity contribution in [1.29, 1.82) is 0 Å². The quantitative estimate of drug-likeness (QED) is 0.0190. The first-order chi connectivity index (χ1) is 61.6. The number of aryl methyl sites for hydroxylation is 4. The van der Waals surface area contributed by atoms with Crippen molar-refractivity contribution in [2.75, 3.05) is 69.3 Å². The Labute approximate surface area is 733 Å². The Hall–Kier alpha value is -14.0. The minimum absolute atomic E-state index is 0.0647. The standard InChI is InChI=1S/C38H42N3O6.C34H37N3O6.C28H23NO8/c1-3-39-18-7-9-26-21-29-33(23-31(26)39)46-34-24-32-27(10-8-19-40(32)4-2)22-30(34)38(29)25-12-14-28(15-13-25)45-20-6-5-11-37(44)47-41-35(42)16-17-36(41)43;1-5-35-27-19-29-25(17-21(27)3)34(26-18-22(4)28(36-6-2)20-30(26)42-29)23-10-12-24(13-11-23)41-16-8-7-9-33(40)43-37-31(38)14-15-32(37)39;30-18-6-10-21-23(15-18)36-24-16-19(31)7-11-22(24)28(21)17-4-8-20(9-5-17)35-14-2-1-3-27(34)37-29-25(32)12-13-26(29)33/h12-15,21-24H,3-11,16-20H2,1-2H3;10-13,17-20,35H,5-9,14-16H2,1-4H3;4-11,15-16,30H,1-3,12-14H2/q+1;;. The third-order valence-corrected chi connectivity index (χ3v) is 23.2. The Balaban J connectivity index is 0.000000148. The number of hydrogen-bond donors (Lipinski definition) is 2. The predicted molar refractivity (Wildman–Crippen MR) is 475 cm³/mol. The van der Waals surface area contributed by atoms with E-state index in [9.17, 15) is 53.1 Å². The maximum absolute atomic E-state index is 12.1. The Morgan fingerprint density at radius 2 is 1.00 bits per heavy atom. The molecule has 0 spiro atoms. The van der Waals surface area contributed by atoms with Gasteiger partial charge < -0.3 is 57.6 Å². The van der Waals surface area contributed by atoms with Gasteiger partial charge in [-0.05, 0) is 218 Å². The second-order valence-electron chi connectivity index (χ2n) is 32.0. The van der Waals surface area contributed by atoms with Crippen molar-refractivity contribution in [2.24, 2.45) is 4.99 Å². The molecule has 127 heavy (non-hydrogen) atoms. The van der Waals surface area contributed by atoms with E-state index in [4.69, 9.17) is 42.3 Å². The molecule has 8 heterocycles. The minimum Gasteiger partial charge on any atom is -0.508 e. The number of nitrogens with zero attached hydrogens (tertiary/aromatic N) is 6. The molecule has 0 atom stereocenters. The van der Waals surface area contributed by atoms with Crippen molar-refractivity contribution < 1.29 is 90.6 Å². The van der Waals surface area contributed by atoms with Crippen molar-refractivity contribution in [3.05, 3.63) is 217 Å². The molecule has 0 radical (unpaired) electrons. The number of carbonyl (C=O) groups excluding carboxylic acids is 9. The maximum Gasteiger partial charge on any atom is 0.333 e. The first-order valence-corrected chi connectivity index (χ1v) is 43.9. The molecule has 8 aliphatic heterocycles. The Bertz CT molecular complexity index is 6250. The SMILES string of the molecule is CCN1CCCc2cc3c(cc21)Oc1cc2c(cc1=C3c1ccc(OCCCCC(=O)ON3C(=O)CCC3=O)cc1)CCC[N+]=2CC.CCN=c1cc2oc3cc(NCC)c(C)cc3c(-c3ccc(OCCCCC(=O)ON4C(=O)CCC4=O)cc3)c-2cc1C.O=C(CCCCOc1ccc(-c2c3ccc(=O)cc-3oc3cc(O)ccc23)cc1)ON1C(=O)CCC1=O. The molecule has 10 aliphatic rings. The molecule has 27 heteroatoms. The van der Waals surface area contributed by atoms with E-state index in [1.807, 2.05) is 61.5 Å². The maximum atomic E-state index is 12.1. The van der Waals surface area contributed by atoms with Crippen LogP contribution >= 0.6 is 0 Å². The summed E-state index contributed by atoms with van der Waals surface area (Å²) in [5, 5.41) is 20.2. The summed E-state index contributed by atoms with van der Waals surface area (Å²) in [5.74, 6) is 0.526. The Morgan fingerprint density at radius 1 is 0.480 bits per heavy atom. The normalized spacial score (nSPS) is 14.8. The number of aromatic hydroxyl groups is 1. The zero-order valence-electron chi connectivity index (χ0n) is 72.2. The van der Waals surface area contributed by atoms with Crippen LogP contribution in [-0.4, -0.2) is 133 Å². The van der Waals surface area contributed by atoms with Crippen molar-refractivity contribution >= 4 is 92.2 Å². The molecular weight excluding hydrogens is 1620 g/mol. The van der Waals surface area contributed by atoms with Gasteiger partial charge in [0.1, 0.15) is 70.3 Å². The number of carbonyl (C=O) groups is 9. The zero-order valence-corrected chi connectivity index (χ0v) is 72.2. The smallest absolute Gasteiger partial charge is 0.333 e. The Kier molecular flexibility index (Phi) is 27.6. The molecule has 27 nitrogen and oxygen atoms in total. The number of fused-ring (bicyclic) bond motifs is 8. The van der Waals surface area contributed by atoms with E-state index < -0.39 is 53.4 Å². The van der Waals surface area contributed by atoms with Crippen molar-refractivity contribution in [2.45, 2.75) is 164 Å². The van der Waals surface area contributed by atoms with Gasteiger partial charge in [0.15, 0.2) is 5.43 Å². The highest BCUT2D eigenvalue weighted by molar-refractivity contribution is 6.06. The molecule has 7 aromatic rings. The molecule has 0 saturated carbocycles. The molecule has 7 aromatic carbocycles. The van der Waals surface area contributed by atoms with Gasteiger partial charge in [0.2, 0.25) is 5.36 Å². The molecule has 6 amide bonds. The first kappa shape index (κ1) is 87.9. The number of nitrogens with one attached hydrogen (secondary N) is 1. The summed E-state index contributed by atoms with van der Waals surface area (Å²) in [4.78, 5) is 139. The van der Waals surface area contributed by atoms with Crippen LogP contribution in [0.25, 0.3) is 72.4 Å². The van der Waals surface area contributed by atoms with Crippen molar-refractivity contribution in [1.82, 2.24) is 19.8 Å². The molecule has 17 rings (SSSR count). The van der Waals surface area contributed by atoms with Gasteiger partial charge in [0.25, 0.3) is 35.4 Å². The van der Waals surface area contributed by atoms with Crippen LogP contribution in [0.2, 0.25) is 0 Å². The molecule has 0 unspecified atom stereocenters. The fourth-order valence-electron chi connectivity index (χ4n) is 16.8. The van der Waals surface area contributed by atoms with Crippen molar-refractivity contribution in [3.8, 4) is 79.4 Å². The summed E-state index contributed by atoms with van der Waals surface area (Å²) >= 11 is 0. The lowest BCUT2D eigenvalue weighted by atomic mass is 9.88. The van der Waals surface area contributed by atoms with Gasteiger partial charge in [0.05, 0.1) is 31.2 Å². The lowest BCUT2D eigenvalue weighted by Crippen LogP contribution is -2.39. The van der Waals surface area contributed by atoms with Gasteiger partial charge in [-0.2, -0.15) is 0 Å². The third kappa shape index (κ3) is 20.2. The molecule has 656 valence electrons. The van der Waals surface area contributed by atoms with Gasteiger partial charge in [-0.3, -0.25) is 38.6 Å². The van der Waals surface area contributed by atoms with Crippen LogP contribution in [0.15, 0.2) is 176 Å². The van der Waals surface area contributed by atoms with Crippen LogP contribution in [0.3, 0.4) is 0 Å². The second kappa shape index (κ2) is 39.9. The number of imide groups is 3. The number of amides is 6. The average Bonchev–Trinajstić information content (AvgIpc) is 0.955. The van der Waals surface area contributed by atoms with Gasteiger partial charge in [-0.25, -0.2) is 19.0 Å². The number of unbranched alkanes of at least 4 members (excludes halogenated alkanes) is 3. The highest BCUT2D eigenvalue weighted by Crippen LogP contribution is 2.46. The summed E-state index contributed by atoms with van der Waals surface area (Å²) < 4.78 is 39.3. The zero-order chi connectivity index (χ0) is 88.9. The van der Waals surface area contributed by atoms with Gasteiger partial charge in [0, 0.05) is 187 Å². The second-order valence-corrected chi connectivity index (χ2v) is 32.0. The van der Waals surface area contributed by atoms with E-state index >= 15 is 0 Å². The van der Waals surface area contributed by atoms with Crippen LogP contribution in [0.4, 0.5) is 11.4 Å². The molecule has 2 N–H and O–H groups in total. The number of phenolic OH excluding ortho intramolecular Hbond substituents is 1. The van der Waals surface area contributed by atoms with E-state index in [0.717, 1.165) is 175 Å². The topological polar surface area (TPSA) is 322 Å². The van der Waals surface area contributed by atoms with E-state index in [2.05, 4.69) is 121 Å². The lowest BCUT2D eigenvalue weighted by molar-refractivity contribution is -0.197.